The summed E-state index contributed by atoms with van der Waals surface area (Å²) < 4.78 is 1.60. The molecule has 0 saturated heterocycles. The van der Waals surface area contributed by atoms with Crippen molar-refractivity contribution in [2.75, 3.05) is 6.61 Å². The molecule has 1 aromatic heterocycles. The van der Waals surface area contributed by atoms with Gasteiger partial charge in [0.05, 0.1) is 0 Å². The van der Waals surface area contributed by atoms with E-state index in [-0.39, 0.29) is 17.3 Å². The van der Waals surface area contributed by atoms with Crippen LogP contribution in [0.4, 0.5) is 0 Å². The molecule has 84 valence electrons. The number of unbranched alkanes of at least 4 members (excludes halogenated alkanes) is 2. The van der Waals surface area contributed by atoms with Crippen LogP contribution in [0.1, 0.15) is 25.1 Å². The van der Waals surface area contributed by atoms with Gasteiger partial charge in [-0.1, -0.05) is 11.6 Å². The average Bonchev–Trinajstić information content (AvgIpc) is 2.15. The van der Waals surface area contributed by atoms with Gasteiger partial charge in [-0.25, -0.2) is 4.98 Å². The number of aryl methyl sites for hydroxylation is 1. The second-order valence-corrected chi connectivity index (χ2v) is 3.79. The standard InChI is InChI=1S/C10H15ClN2O2/c1-8-12-9(11)7-10(15)13(8)5-3-2-4-6-14/h7,14H,2-6H2,1H3. The van der Waals surface area contributed by atoms with Crippen molar-refractivity contribution in [1.82, 2.24) is 9.55 Å². The van der Waals surface area contributed by atoms with E-state index in [4.69, 9.17) is 16.7 Å². The van der Waals surface area contributed by atoms with Crippen LogP contribution in [0, 0.1) is 6.92 Å². The average molecular weight is 231 g/mol. The third kappa shape index (κ3) is 3.64. The Morgan fingerprint density at radius 2 is 2.20 bits per heavy atom. The van der Waals surface area contributed by atoms with Crippen molar-refractivity contribution >= 4 is 11.6 Å². The summed E-state index contributed by atoms with van der Waals surface area (Å²) in [6.07, 6.45) is 2.55. The molecule has 0 aliphatic heterocycles. The van der Waals surface area contributed by atoms with Crippen LogP contribution in [0.2, 0.25) is 5.15 Å². The molecule has 0 amide bonds. The highest BCUT2D eigenvalue weighted by Crippen LogP contribution is 2.03. The van der Waals surface area contributed by atoms with E-state index in [1.165, 1.54) is 6.07 Å². The molecule has 0 aliphatic carbocycles. The van der Waals surface area contributed by atoms with Crippen molar-refractivity contribution in [2.45, 2.75) is 32.7 Å². The molecule has 0 unspecified atom stereocenters. The maximum Gasteiger partial charge on any atom is 0.254 e. The lowest BCUT2D eigenvalue weighted by Gasteiger charge is -2.08. The molecule has 0 aliphatic rings. The molecule has 15 heavy (non-hydrogen) atoms. The second kappa shape index (κ2) is 5.88. The summed E-state index contributed by atoms with van der Waals surface area (Å²) in [5.74, 6) is 0.636. The van der Waals surface area contributed by atoms with E-state index < -0.39 is 0 Å². The number of rotatable bonds is 5. The largest absolute Gasteiger partial charge is 0.396 e. The van der Waals surface area contributed by atoms with Crippen LogP contribution in [0.25, 0.3) is 0 Å². The summed E-state index contributed by atoms with van der Waals surface area (Å²) in [6, 6.07) is 1.32. The molecule has 1 rings (SSSR count). The zero-order valence-corrected chi connectivity index (χ0v) is 9.50. The smallest absolute Gasteiger partial charge is 0.254 e. The van der Waals surface area contributed by atoms with Gasteiger partial charge in [0.15, 0.2) is 0 Å². The first kappa shape index (κ1) is 12.2. The van der Waals surface area contributed by atoms with Gasteiger partial charge in [0.25, 0.3) is 5.56 Å². The second-order valence-electron chi connectivity index (χ2n) is 3.40. The van der Waals surface area contributed by atoms with E-state index in [9.17, 15) is 4.79 Å². The Balaban J connectivity index is 2.65. The normalized spacial score (nSPS) is 10.6. The Kier molecular flexibility index (Phi) is 4.78. The summed E-state index contributed by atoms with van der Waals surface area (Å²) in [6.45, 7) is 2.60. The quantitative estimate of drug-likeness (QED) is 0.614. The molecule has 0 aromatic carbocycles. The first-order chi connectivity index (χ1) is 7.15. The highest BCUT2D eigenvalue weighted by atomic mass is 35.5. The first-order valence-corrected chi connectivity index (χ1v) is 5.38. The van der Waals surface area contributed by atoms with Crippen molar-refractivity contribution in [3.8, 4) is 0 Å². The third-order valence-corrected chi connectivity index (χ3v) is 2.40. The van der Waals surface area contributed by atoms with E-state index in [1.54, 1.807) is 11.5 Å². The number of aliphatic hydroxyl groups excluding tert-OH is 1. The number of halogens is 1. The monoisotopic (exact) mass is 230 g/mol. The summed E-state index contributed by atoms with van der Waals surface area (Å²) in [7, 11) is 0. The summed E-state index contributed by atoms with van der Waals surface area (Å²) in [5.41, 5.74) is -0.114. The SMILES string of the molecule is Cc1nc(Cl)cc(=O)n1CCCCCO. The predicted octanol–water partition coefficient (Wildman–Crippen LogP) is 1.37. The fraction of sp³-hybridized carbons (Fsp3) is 0.600. The topological polar surface area (TPSA) is 55.1 Å². The Morgan fingerprint density at radius 3 is 2.80 bits per heavy atom. The fourth-order valence-electron chi connectivity index (χ4n) is 1.42. The fourth-order valence-corrected chi connectivity index (χ4v) is 1.63. The maximum absolute atomic E-state index is 11.5. The molecule has 1 N–H and O–H groups in total. The zero-order chi connectivity index (χ0) is 11.3. The van der Waals surface area contributed by atoms with Crippen LogP contribution in [0.5, 0.6) is 0 Å². The molecule has 5 heteroatoms. The van der Waals surface area contributed by atoms with Gasteiger partial charge in [0.2, 0.25) is 0 Å². The van der Waals surface area contributed by atoms with Crippen LogP contribution in [-0.2, 0) is 6.54 Å². The Bertz CT molecular complexity index is 376. The van der Waals surface area contributed by atoms with Gasteiger partial charge in [-0.2, -0.15) is 0 Å². The Morgan fingerprint density at radius 1 is 1.47 bits per heavy atom. The molecular weight excluding hydrogens is 216 g/mol. The Hall–Kier alpha value is -0.870. The van der Waals surface area contributed by atoms with Gasteiger partial charge >= 0.3 is 0 Å². The van der Waals surface area contributed by atoms with Crippen molar-refractivity contribution in [3.05, 3.63) is 27.4 Å². The minimum atomic E-state index is -0.114. The van der Waals surface area contributed by atoms with Gasteiger partial charge in [0.1, 0.15) is 11.0 Å². The minimum absolute atomic E-state index is 0.114. The highest BCUT2D eigenvalue weighted by molar-refractivity contribution is 6.29. The number of aliphatic hydroxyl groups is 1. The van der Waals surface area contributed by atoms with Gasteiger partial charge in [-0.3, -0.25) is 9.36 Å². The van der Waals surface area contributed by atoms with Crippen molar-refractivity contribution in [3.63, 3.8) is 0 Å². The van der Waals surface area contributed by atoms with Gasteiger partial charge in [-0.05, 0) is 26.2 Å². The molecule has 1 aromatic rings. The lowest BCUT2D eigenvalue weighted by molar-refractivity contribution is 0.281. The summed E-state index contributed by atoms with van der Waals surface area (Å²) in [5, 5.41) is 8.85. The summed E-state index contributed by atoms with van der Waals surface area (Å²) >= 11 is 5.65. The van der Waals surface area contributed by atoms with Crippen LogP contribution in [-0.4, -0.2) is 21.3 Å². The van der Waals surface area contributed by atoms with Crippen LogP contribution >= 0.6 is 11.6 Å². The molecule has 0 fully saturated rings. The number of hydrogen-bond acceptors (Lipinski definition) is 3. The van der Waals surface area contributed by atoms with Gasteiger partial charge < -0.3 is 5.11 Å². The molecular formula is C10H15ClN2O2. The van der Waals surface area contributed by atoms with Crippen LogP contribution in [0.3, 0.4) is 0 Å². The van der Waals surface area contributed by atoms with Crippen LogP contribution < -0.4 is 5.56 Å². The molecule has 1 heterocycles. The lowest BCUT2D eigenvalue weighted by atomic mass is 10.2. The third-order valence-electron chi connectivity index (χ3n) is 2.21. The Labute approximate surface area is 93.5 Å². The van der Waals surface area contributed by atoms with Gasteiger partial charge in [0, 0.05) is 19.2 Å². The zero-order valence-electron chi connectivity index (χ0n) is 8.74. The molecule has 0 bridgehead atoms. The first-order valence-electron chi connectivity index (χ1n) is 5.00. The molecule has 0 atom stereocenters. The van der Waals surface area contributed by atoms with Crippen molar-refractivity contribution in [1.29, 1.82) is 0 Å². The number of nitrogens with zero attached hydrogens (tertiary/aromatic N) is 2. The van der Waals surface area contributed by atoms with E-state index in [2.05, 4.69) is 4.98 Å². The van der Waals surface area contributed by atoms with E-state index in [0.29, 0.717) is 12.4 Å². The number of aromatic nitrogens is 2. The van der Waals surface area contributed by atoms with Crippen molar-refractivity contribution in [2.24, 2.45) is 0 Å². The molecule has 0 radical (unpaired) electrons. The maximum atomic E-state index is 11.5. The van der Waals surface area contributed by atoms with Crippen LogP contribution in [0.15, 0.2) is 10.9 Å². The minimum Gasteiger partial charge on any atom is -0.396 e. The molecule has 0 saturated carbocycles. The lowest BCUT2D eigenvalue weighted by Crippen LogP contribution is -2.22. The molecule has 0 spiro atoms. The van der Waals surface area contributed by atoms with E-state index >= 15 is 0 Å². The summed E-state index contributed by atoms with van der Waals surface area (Å²) in [4.78, 5) is 15.5. The predicted molar refractivity (Wildman–Crippen MR) is 59.2 cm³/mol. The van der Waals surface area contributed by atoms with E-state index in [0.717, 1.165) is 19.3 Å². The van der Waals surface area contributed by atoms with Crippen molar-refractivity contribution < 1.29 is 5.11 Å². The highest BCUT2D eigenvalue weighted by Gasteiger charge is 2.02. The van der Waals surface area contributed by atoms with E-state index in [1.807, 2.05) is 0 Å². The number of hydrogen-bond donors (Lipinski definition) is 1. The van der Waals surface area contributed by atoms with Gasteiger partial charge in [-0.15, -0.1) is 0 Å². The molecule has 4 nitrogen and oxygen atoms in total.